The van der Waals surface area contributed by atoms with E-state index in [-0.39, 0.29) is 5.97 Å². The second kappa shape index (κ2) is 5.65. The lowest BCUT2D eigenvalue weighted by atomic mass is 10.1. The van der Waals surface area contributed by atoms with E-state index in [2.05, 4.69) is 0 Å². The summed E-state index contributed by atoms with van der Waals surface area (Å²) in [5.74, 6) is -0.256. The maximum atomic E-state index is 12.0. The fourth-order valence-corrected chi connectivity index (χ4v) is 1.80. The van der Waals surface area contributed by atoms with E-state index in [1.165, 1.54) is 0 Å². The molecule has 0 unspecified atom stereocenters. The molecule has 0 aliphatic carbocycles. The van der Waals surface area contributed by atoms with Crippen molar-refractivity contribution in [1.82, 2.24) is 4.90 Å². The van der Waals surface area contributed by atoms with Crippen LogP contribution in [-0.2, 0) is 4.74 Å². The van der Waals surface area contributed by atoms with Crippen molar-refractivity contribution in [3.05, 3.63) is 48.0 Å². The Labute approximate surface area is 107 Å². The Kier molecular flexibility index (Phi) is 3.95. The molecule has 0 aliphatic rings. The van der Waals surface area contributed by atoms with Crippen molar-refractivity contribution in [3.63, 3.8) is 0 Å². The Morgan fingerprint density at radius 2 is 1.83 bits per heavy atom. The van der Waals surface area contributed by atoms with Gasteiger partial charge in [0.25, 0.3) is 0 Å². The Balaban J connectivity index is 2.17. The van der Waals surface area contributed by atoms with Crippen LogP contribution in [0, 0.1) is 0 Å². The molecule has 0 aromatic heterocycles. The molecule has 94 valence electrons. The topological polar surface area (TPSA) is 29.5 Å². The molecule has 0 radical (unpaired) electrons. The van der Waals surface area contributed by atoms with Gasteiger partial charge in [0.1, 0.15) is 6.61 Å². The molecule has 3 heteroatoms. The molecule has 0 bridgehead atoms. The first kappa shape index (κ1) is 12.6. The summed E-state index contributed by atoms with van der Waals surface area (Å²) in [7, 11) is 3.90. The zero-order valence-corrected chi connectivity index (χ0v) is 10.7. The molecular weight excluding hydrogens is 226 g/mol. The van der Waals surface area contributed by atoms with Gasteiger partial charge in [-0.15, -0.1) is 0 Å². The van der Waals surface area contributed by atoms with Crippen LogP contribution in [0.3, 0.4) is 0 Å². The number of carbonyl (C=O) groups excluding carboxylic acids is 1. The summed E-state index contributed by atoms with van der Waals surface area (Å²) in [6, 6.07) is 13.5. The van der Waals surface area contributed by atoms with E-state index in [0.717, 1.165) is 17.3 Å². The molecule has 0 heterocycles. The van der Waals surface area contributed by atoms with Crippen molar-refractivity contribution in [3.8, 4) is 0 Å². The lowest BCUT2D eigenvalue weighted by molar-refractivity contribution is 0.0484. The molecular formula is C15H17NO2. The smallest absolute Gasteiger partial charge is 0.338 e. The number of likely N-dealkylation sites (N-methyl/N-ethyl adjacent to an activating group) is 1. The van der Waals surface area contributed by atoms with Crippen LogP contribution in [0.25, 0.3) is 10.8 Å². The van der Waals surface area contributed by atoms with E-state index >= 15 is 0 Å². The zero-order valence-electron chi connectivity index (χ0n) is 10.7. The minimum Gasteiger partial charge on any atom is -0.461 e. The highest BCUT2D eigenvalue weighted by Gasteiger charge is 2.10. The summed E-state index contributed by atoms with van der Waals surface area (Å²) in [5.41, 5.74) is 0.631. The van der Waals surface area contributed by atoms with Crippen LogP contribution in [0.1, 0.15) is 10.4 Å². The van der Waals surface area contributed by atoms with Crippen LogP contribution in [0.4, 0.5) is 0 Å². The molecule has 0 aliphatic heterocycles. The third kappa shape index (κ3) is 2.87. The lowest BCUT2D eigenvalue weighted by Gasteiger charge is -2.11. The standard InChI is InChI=1S/C15H17NO2/c1-16(2)10-11-18-15(17)14-9-5-7-12-6-3-4-8-13(12)14/h3-9H,10-11H2,1-2H3. The van der Waals surface area contributed by atoms with Crippen molar-refractivity contribution in [2.45, 2.75) is 0 Å². The molecule has 3 nitrogen and oxygen atoms in total. The SMILES string of the molecule is CN(C)CCOC(=O)c1cccc2ccccc12. The van der Waals surface area contributed by atoms with Crippen LogP contribution < -0.4 is 0 Å². The summed E-state index contributed by atoms with van der Waals surface area (Å²) < 4.78 is 5.27. The number of carbonyl (C=O) groups is 1. The lowest BCUT2D eigenvalue weighted by Crippen LogP contribution is -2.20. The van der Waals surface area contributed by atoms with E-state index in [0.29, 0.717) is 12.2 Å². The van der Waals surface area contributed by atoms with E-state index in [1.807, 2.05) is 55.4 Å². The number of ether oxygens (including phenoxy) is 1. The number of benzene rings is 2. The predicted molar refractivity (Wildman–Crippen MR) is 72.8 cm³/mol. The monoisotopic (exact) mass is 243 g/mol. The predicted octanol–water partition coefficient (Wildman–Crippen LogP) is 2.56. The Hall–Kier alpha value is -1.87. The number of hydrogen-bond donors (Lipinski definition) is 0. The average molecular weight is 243 g/mol. The van der Waals surface area contributed by atoms with Gasteiger partial charge in [0.05, 0.1) is 5.56 Å². The molecule has 0 saturated heterocycles. The summed E-state index contributed by atoms with van der Waals surface area (Å²) in [6.45, 7) is 1.14. The van der Waals surface area contributed by atoms with Crippen LogP contribution in [-0.4, -0.2) is 38.1 Å². The van der Waals surface area contributed by atoms with Gasteiger partial charge in [-0.3, -0.25) is 0 Å². The van der Waals surface area contributed by atoms with E-state index < -0.39 is 0 Å². The first-order chi connectivity index (χ1) is 8.68. The highest BCUT2D eigenvalue weighted by Crippen LogP contribution is 2.19. The van der Waals surface area contributed by atoms with Crippen molar-refractivity contribution in [2.75, 3.05) is 27.2 Å². The third-order valence-electron chi connectivity index (χ3n) is 2.78. The van der Waals surface area contributed by atoms with Crippen molar-refractivity contribution >= 4 is 16.7 Å². The van der Waals surface area contributed by atoms with Crippen molar-refractivity contribution in [2.24, 2.45) is 0 Å². The van der Waals surface area contributed by atoms with Crippen molar-refractivity contribution in [1.29, 1.82) is 0 Å². The fourth-order valence-electron chi connectivity index (χ4n) is 1.80. The fraction of sp³-hybridized carbons (Fsp3) is 0.267. The van der Waals surface area contributed by atoms with Gasteiger partial charge in [0.2, 0.25) is 0 Å². The molecule has 2 rings (SSSR count). The summed E-state index contributed by atoms with van der Waals surface area (Å²) in [4.78, 5) is 14.0. The maximum Gasteiger partial charge on any atom is 0.338 e. The van der Waals surface area contributed by atoms with Crippen LogP contribution in [0.2, 0.25) is 0 Å². The Morgan fingerprint density at radius 1 is 1.11 bits per heavy atom. The summed E-state index contributed by atoms with van der Waals surface area (Å²) >= 11 is 0. The quantitative estimate of drug-likeness (QED) is 0.773. The van der Waals surface area contributed by atoms with Gasteiger partial charge in [-0.1, -0.05) is 36.4 Å². The third-order valence-corrected chi connectivity index (χ3v) is 2.78. The molecule has 0 atom stereocenters. The molecule has 18 heavy (non-hydrogen) atoms. The second-order valence-electron chi connectivity index (χ2n) is 4.47. The van der Waals surface area contributed by atoms with Crippen LogP contribution >= 0.6 is 0 Å². The number of hydrogen-bond acceptors (Lipinski definition) is 3. The molecule has 0 spiro atoms. The normalized spacial score (nSPS) is 10.8. The molecule has 0 N–H and O–H groups in total. The first-order valence-electron chi connectivity index (χ1n) is 5.98. The second-order valence-corrected chi connectivity index (χ2v) is 4.47. The van der Waals surface area contributed by atoms with Gasteiger partial charge >= 0.3 is 5.97 Å². The average Bonchev–Trinajstić information content (AvgIpc) is 2.37. The largest absolute Gasteiger partial charge is 0.461 e. The van der Waals surface area contributed by atoms with Crippen LogP contribution in [0.5, 0.6) is 0 Å². The van der Waals surface area contributed by atoms with Gasteiger partial charge < -0.3 is 9.64 Å². The molecule has 2 aromatic carbocycles. The highest BCUT2D eigenvalue weighted by atomic mass is 16.5. The van der Waals surface area contributed by atoms with E-state index in [1.54, 1.807) is 6.07 Å². The minimum atomic E-state index is -0.256. The van der Waals surface area contributed by atoms with Crippen LogP contribution in [0.15, 0.2) is 42.5 Å². The van der Waals surface area contributed by atoms with Gasteiger partial charge in [0, 0.05) is 6.54 Å². The van der Waals surface area contributed by atoms with Gasteiger partial charge in [-0.25, -0.2) is 4.79 Å². The van der Waals surface area contributed by atoms with E-state index in [9.17, 15) is 4.79 Å². The molecule has 0 amide bonds. The zero-order chi connectivity index (χ0) is 13.0. The molecule has 0 fully saturated rings. The van der Waals surface area contributed by atoms with Gasteiger partial charge in [-0.05, 0) is 30.9 Å². The van der Waals surface area contributed by atoms with Gasteiger partial charge in [-0.2, -0.15) is 0 Å². The Morgan fingerprint density at radius 3 is 2.61 bits per heavy atom. The summed E-state index contributed by atoms with van der Waals surface area (Å²) in [6.07, 6.45) is 0. The number of esters is 1. The molecule has 0 saturated carbocycles. The highest BCUT2D eigenvalue weighted by molar-refractivity contribution is 6.04. The maximum absolute atomic E-state index is 12.0. The van der Waals surface area contributed by atoms with Gasteiger partial charge in [0.15, 0.2) is 0 Å². The summed E-state index contributed by atoms with van der Waals surface area (Å²) in [5, 5.41) is 1.99. The minimum absolute atomic E-state index is 0.256. The number of rotatable bonds is 4. The molecule has 2 aromatic rings. The Bertz CT molecular complexity index is 544. The van der Waals surface area contributed by atoms with Crippen molar-refractivity contribution < 1.29 is 9.53 Å². The number of nitrogens with zero attached hydrogens (tertiary/aromatic N) is 1. The number of fused-ring (bicyclic) bond motifs is 1. The van der Waals surface area contributed by atoms with E-state index in [4.69, 9.17) is 4.74 Å². The first-order valence-corrected chi connectivity index (χ1v) is 5.98.